The number of piperidine rings is 1. The highest BCUT2D eigenvalue weighted by atomic mass is 16.5. The third-order valence-corrected chi connectivity index (χ3v) is 4.41. The van der Waals surface area contributed by atoms with E-state index < -0.39 is 0 Å². The lowest BCUT2D eigenvalue weighted by Crippen LogP contribution is -2.48. The molecule has 1 amide bonds. The van der Waals surface area contributed by atoms with Crippen LogP contribution in [0.3, 0.4) is 0 Å². The van der Waals surface area contributed by atoms with Gasteiger partial charge in [0.1, 0.15) is 0 Å². The molecule has 1 saturated heterocycles. The van der Waals surface area contributed by atoms with Crippen molar-refractivity contribution in [3.05, 3.63) is 29.6 Å². The smallest absolute Gasteiger partial charge is 0.240 e. The average molecular weight is 344 g/mol. The maximum Gasteiger partial charge on any atom is 0.240 e. The van der Waals surface area contributed by atoms with E-state index in [0.29, 0.717) is 18.5 Å². The van der Waals surface area contributed by atoms with Gasteiger partial charge in [-0.15, -0.1) is 5.10 Å². The van der Waals surface area contributed by atoms with Gasteiger partial charge in [-0.1, -0.05) is 5.16 Å². The van der Waals surface area contributed by atoms with E-state index in [1.807, 2.05) is 33.0 Å². The maximum atomic E-state index is 12.2. The van der Waals surface area contributed by atoms with Crippen LogP contribution < -0.4 is 10.2 Å². The summed E-state index contributed by atoms with van der Waals surface area (Å²) >= 11 is 0. The highest BCUT2D eigenvalue weighted by Gasteiger charge is 2.25. The van der Waals surface area contributed by atoms with Gasteiger partial charge in [0.2, 0.25) is 11.8 Å². The molecule has 0 saturated carbocycles. The van der Waals surface area contributed by atoms with Crippen LogP contribution in [-0.2, 0) is 4.79 Å². The fourth-order valence-corrected chi connectivity index (χ4v) is 3.04. The van der Waals surface area contributed by atoms with E-state index in [0.717, 1.165) is 43.1 Å². The van der Waals surface area contributed by atoms with Crippen LogP contribution in [0.5, 0.6) is 0 Å². The zero-order chi connectivity index (χ0) is 17.8. The predicted molar refractivity (Wildman–Crippen MR) is 94.5 cm³/mol. The molecule has 1 fully saturated rings. The Labute approximate surface area is 147 Å². The molecule has 1 unspecified atom stereocenters. The van der Waals surface area contributed by atoms with Gasteiger partial charge < -0.3 is 9.42 Å². The van der Waals surface area contributed by atoms with Crippen LogP contribution in [0, 0.1) is 13.8 Å². The van der Waals surface area contributed by atoms with Crippen LogP contribution in [0.1, 0.15) is 24.2 Å². The SMILES string of the molecule is Cc1ccc(N2CCCC(N(C)CC(=O)Nc3cc(C)no3)C2)nn1. The molecule has 2 aromatic heterocycles. The maximum absolute atomic E-state index is 12.2. The second-order valence-corrected chi connectivity index (χ2v) is 6.57. The second kappa shape index (κ2) is 7.60. The van der Waals surface area contributed by atoms with Gasteiger partial charge in [-0.3, -0.25) is 15.0 Å². The number of likely N-dealkylation sites (N-methyl/N-ethyl adjacent to an activating group) is 1. The minimum Gasteiger partial charge on any atom is -0.354 e. The van der Waals surface area contributed by atoms with Crippen LogP contribution in [0.2, 0.25) is 0 Å². The minimum atomic E-state index is -0.106. The molecule has 1 atom stereocenters. The number of nitrogens with zero attached hydrogens (tertiary/aromatic N) is 5. The summed E-state index contributed by atoms with van der Waals surface area (Å²) in [4.78, 5) is 16.5. The molecule has 0 aromatic carbocycles. The Balaban J connectivity index is 1.55. The molecule has 0 aliphatic carbocycles. The number of carbonyl (C=O) groups is 1. The fraction of sp³-hybridized carbons (Fsp3) is 0.529. The number of amides is 1. The van der Waals surface area contributed by atoms with Crippen LogP contribution >= 0.6 is 0 Å². The molecule has 1 N–H and O–H groups in total. The number of aromatic nitrogens is 3. The van der Waals surface area contributed by atoms with Gasteiger partial charge in [0.25, 0.3) is 0 Å². The van der Waals surface area contributed by atoms with Crippen molar-refractivity contribution in [1.82, 2.24) is 20.3 Å². The molecule has 3 heterocycles. The largest absolute Gasteiger partial charge is 0.354 e. The van der Waals surface area contributed by atoms with Crippen LogP contribution in [0.4, 0.5) is 11.7 Å². The highest BCUT2D eigenvalue weighted by Crippen LogP contribution is 2.20. The Kier molecular flexibility index (Phi) is 5.28. The van der Waals surface area contributed by atoms with E-state index in [9.17, 15) is 4.79 Å². The standard InChI is InChI=1S/C17H24N6O2/c1-12-6-7-15(20-19-12)23-8-4-5-14(10-23)22(3)11-16(24)18-17-9-13(2)21-25-17/h6-7,9,14H,4-5,8,10-11H2,1-3H3,(H,18,24). The van der Waals surface area contributed by atoms with Crippen molar-refractivity contribution in [1.29, 1.82) is 0 Å². The van der Waals surface area contributed by atoms with Crippen molar-refractivity contribution in [3.63, 3.8) is 0 Å². The first-order valence-corrected chi connectivity index (χ1v) is 8.50. The molecule has 1 aliphatic rings. The Morgan fingerprint density at radius 3 is 2.88 bits per heavy atom. The predicted octanol–water partition coefficient (Wildman–Crippen LogP) is 1.62. The fourth-order valence-electron chi connectivity index (χ4n) is 3.04. The molecule has 1 aliphatic heterocycles. The number of hydrogen-bond donors (Lipinski definition) is 1. The Morgan fingerprint density at radius 1 is 1.36 bits per heavy atom. The summed E-state index contributed by atoms with van der Waals surface area (Å²) < 4.78 is 5.02. The van der Waals surface area contributed by atoms with Gasteiger partial charge in [0.15, 0.2) is 5.82 Å². The molecule has 134 valence electrons. The van der Waals surface area contributed by atoms with E-state index in [-0.39, 0.29) is 5.91 Å². The van der Waals surface area contributed by atoms with Crippen molar-refractivity contribution >= 4 is 17.6 Å². The lowest BCUT2D eigenvalue weighted by atomic mass is 10.0. The molecular formula is C17H24N6O2. The van der Waals surface area contributed by atoms with Gasteiger partial charge in [-0.2, -0.15) is 5.10 Å². The number of nitrogens with one attached hydrogen (secondary N) is 1. The van der Waals surface area contributed by atoms with Gasteiger partial charge >= 0.3 is 0 Å². The first-order valence-electron chi connectivity index (χ1n) is 8.50. The number of rotatable bonds is 5. The molecule has 25 heavy (non-hydrogen) atoms. The quantitative estimate of drug-likeness (QED) is 0.882. The molecule has 0 bridgehead atoms. The third-order valence-electron chi connectivity index (χ3n) is 4.41. The highest BCUT2D eigenvalue weighted by molar-refractivity contribution is 5.90. The van der Waals surface area contributed by atoms with Crippen molar-refractivity contribution in [3.8, 4) is 0 Å². The molecule has 0 spiro atoms. The lowest BCUT2D eigenvalue weighted by molar-refractivity contribution is -0.117. The summed E-state index contributed by atoms with van der Waals surface area (Å²) in [6.45, 7) is 5.85. The van der Waals surface area contributed by atoms with Crippen molar-refractivity contribution < 1.29 is 9.32 Å². The van der Waals surface area contributed by atoms with Gasteiger partial charge in [-0.05, 0) is 45.9 Å². The van der Waals surface area contributed by atoms with Gasteiger partial charge in [0.05, 0.1) is 17.9 Å². The normalized spacial score (nSPS) is 17.8. The Bertz CT molecular complexity index is 714. The van der Waals surface area contributed by atoms with Crippen LogP contribution in [0.25, 0.3) is 0 Å². The first-order chi connectivity index (χ1) is 12.0. The summed E-state index contributed by atoms with van der Waals surface area (Å²) in [5.41, 5.74) is 1.65. The van der Waals surface area contributed by atoms with Crippen molar-refractivity contribution in [2.24, 2.45) is 0 Å². The molecule has 2 aromatic rings. The van der Waals surface area contributed by atoms with Gasteiger partial charge in [0, 0.05) is 25.2 Å². The van der Waals surface area contributed by atoms with E-state index in [1.54, 1.807) is 6.07 Å². The number of hydrogen-bond acceptors (Lipinski definition) is 7. The lowest BCUT2D eigenvalue weighted by Gasteiger charge is -2.37. The van der Waals surface area contributed by atoms with E-state index in [2.05, 4.69) is 30.5 Å². The average Bonchev–Trinajstić information content (AvgIpc) is 3.00. The summed E-state index contributed by atoms with van der Waals surface area (Å²) in [7, 11) is 1.97. The zero-order valence-corrected chi connectivity index (χ0v) is 14.9. The molecule has 0 radical (unpaired) electrons. The van der Waals surface area contributed by atoms with E-state index >= 15 is 0 Å². The van der Waals surface area contributed by atoms with Crippen LogP contribution in [-0.4, -0.2) is 58.9 Å². The Morgan fingerprint density at radius 2 is 2.20 bits per heavy atom. The van der Waals surface area contributed by atoms with Crippen LogP contribution in [0.15, 0.2) is 22.7 Å². The van der Waals surface area contributed by atoms with E-state index in [1.165, 1.54) is 0 Å². The van der Waals surface area contributed by atoms with E-state index in [4.69, 9.17) is 4.52 Å². The van der Waals surface area contributed by atoms with Gasteiger partial charge in [-0.25, -0.2) is 0 Å². The summed E-state index contributed by atoms with van der Waals surface area (Å²) in [5, 5.41) is 14.9. The molecule has 8 heteroatoms. The molecule has 3 rings (SSSR count). The summed E-state index contributed by atoms with van der Waals surface area (Å²) in [6, 6.07) is 5.97. The topological polar surface area (TPSA) is 87.4 Å². The summed E-state index contributed by atoms with van der Waals surface area (Å²) in [5.74, 6) is 1.17. The zero-order valence-electron chi connectivity index (χ0n) is 14.9. The summed E-state index contributed by atoms with van der Waals surface area (Å²) in [6.07, 6.45) is 2.12. The number of anilines is 2. The number of carbonyl (C=O) groups excluding carboxylic acids is 1. The van der Waals surface area contributed by atoms with Crippen molar-refractivity contribution in [2.75, 3.05) is 36.9 Å². The van der Waals surface area contributed by atoms with Crippen molar-refractivity contribution in [2.45, 2.75) is 32.7 Å². The minimum absolute atomic E-state index is 0.106. The third kappa shape index (κ3) is 4.54. The number of aryl methyl sites for hydroxylation is 2. The second-order valence-electron chi connectivity index (χ2n) is 6.57. The monoisotopic (exact) mass is 344 g/mol. The first kappa shape index (κ1) is 17.3. The molecule has 8 nitrogen and oxygen atoms in total. The Hall–Kier alpha value is -2.48. The molecular weight excluding hydrogens is 320 g/mol.